The van der Waals surface area contributed by atoms with Crippen LogP contribution in [0.2, 0.25) is 0 Å². The fraction of sp³-hybridized carbons (Fsp3) is 0.275. The molecule has 1 fully saturated rings. The maximum absolute atomic E-state index is 3.63. The summed E-state index contributed by atoms with van der Waals surface area (Å²) in [5.74, 6) is 0. The van der Waals surface area contributed by atoms with Crippen LogP contribution in [0.5, 0.6) is 0 Å². The molecular formula is C40H40Cl2Zr-2. The Bertz CT molecular complexity index is 1450. The third-order valence-corrected chi connectivity index (χ3v) is 10.0. The minimum absolute atomic E-state index is 0. The minimum atomic E-state index is -0.0591. The van der Waals surface area contributed by atoms with Crippen molar-refractivity contribution < 1.29 is 49.0 Å². The zero-order valence-corrected chi connectivity index (χ0v) is 29.7. The van der Waals surface area contributed by atoms with Crippen molar-refractivity contribution in [1.82, 2.24) is 0 Å². The summed E-state index contributed by atoms with van der Waals surface area (Å²) in [5.41, 5.74) is 10.7. The van der Waals surface area contributed by atoms with Gasteiger partial charge in [-0.25, -0.2) is 12.2 Å². The molecule has 7 rings (SSSR count). The Balaban J connectivity index is 0.000000358. The van der Waals surface area contributed by atoms with Gasteiger partial charge in [0.1, 0.15) is 0 Å². The number of rotatable bonds is 4. The summed E-state index contributed by atoms with van der Waals surface area (Å²) >= 11 is 1.67. The van der Waals surface area contributed by atoms with E-state index < -0.39 is 0 Å². The van der Waals surface area contributed by atoms with Crippen LogP contribution in [0.15, 0.2) is 109 Å². The maximum atomic E-state index is 3.63. The average Bonchev–Trinajstić information content (AvgIpc) is 3.69. The Hall–Kier alpha value is -2.31. The molecule has 0 radical (unpaired) electrons. The van der Waals surface area contributed by atoms with E-state index >= 15 is 0 Å². The van der Waals surface area contributed by atoms with Gasteiger partial charge in [-0.1, -0.05) is 118 Å². The van der Waals surface area contributed by atoms with E-state index in [2.05, 4.69) is 137 Å². The van der Waals surface area contributed by atoms with Crippen molar-refractivity contribution in [2.45, 2.75) is 70.6 Å². The van der Waals surface area contributed by atoms with Crippen molar-refractivity contribution in [3.8, 4) is 11.1 Å². The molecule has 220 valence electrons. The molecule has 0 saturated heterocycles. The van der Waals surface area contributed by atoms with Gasteiger partial charge in [0.15, 0.2) is 0 Å². The van der Waals surface area contributed by atoms with E-state index in [1.54, 1.807) is 27.4 Å². The van der Waals surface area contributed by atoms with Crippen LogP contribution in [0.1, 0.15) is 86.8 Å². The van der Waals surface area contributed by atoms with E-state index in [-0.39, 0.29) is 35.6 Å². The van der Waals surface area contributed by atoms with Crippen molar-refractivity contribution in [3.63, 3.8) is 0 Å². The van der Waals surface area contributed by atoms with E-state index in [0.717, 1.165) is 12.8 Å². The molecule has 0 aromatic heterocycles. The number of hydrogen-bond acceptors (Lipinski definition) is 0. The molecule has 0 atom stereocenters. The number of halogens is 2. The Morgan fingerprint density at radius 3 is 1.70 bits per heavy atom. The zero-order chi connectivity index (χ0) is 28.9. The molecule has 4 aromatic carbocycles. The molecule has 1 saturated carbocycles. The van der Waals surface area contributed by atoms with Gasteiger partial charge in [-0.05, 0) is 28.5 Å². The molecule has 0 amide bonds. The fourth-order valence-electron chi connectivity index (χ4n) is 5.57. The molecule has 0 N–H and O–H groups in total. The van der Waals surface area contributed by atoms with Gasteiger partial charge >= 0.3 is 46.7 Å². The monoisotopic (exact) mass is 680 g/mol. The van der Waals surface area contributed by atoms with E-state index in [1.807, 2.05) is 12.2 Å². The third kappa shape index (κ3) is 8.25. The van der Waals surface area contributed by atoms with Crippen LogP contribution < -0.4 is 24.8 Å². The summed E-state index contributed by atoms with van der Waals surface area (Å²) < 4.78 is 1.78. The summed E-state index contributed by atoms with van der Waals surface area (Å²) in [6.45, 7) is 9.26. The first kappa shape index (κ1) is 35.2. The van der Waals surface area contributed by atoms with Crippen molar-refractivity contribution in [1.29, 1.82) is 0 Å². The summed E-state index contributed by atoms with van der Waals surface area (Å²) in [6.07, 6.45) is 15.3. The molecule has 3 aliphatic carbocycles. The Morgan fingerprint density at radius 1 is 0.674 bits per heavy atom. The van der Waals surface area contributed by atoms with Gasteiger partial charge in [0.2, 0.25) is 0 Å². The van der Waals surface area contributed by atoms with Gasteiger partial charge in [0, 0.05) is 5.41 Å². The van der Waals surface area contributed by atoms with Crippen LogP contribution in [0, 0.1) is 12.1 Å². The van der Waals surface area contributed by atoms with Gasteiger partial charge in [-0.3, -0.25) is 6.08 Å². The predicted molar refractivity (Wildman–Crippen MR) is 171 cm³/mol. The SMILES string of the molecule is CC(C)(c1ccccc1)c1c[c-]c2c(c1)-c1cc(C(C)(C)c3ccccc3)ccc1C2.[C-]1=CC=CC1.[Cl-].[Cl-].[Zr+2]=[C]1CCC1. The standard InChI is InChI=1S/C31H29.C5H5.C4H6.2ClH.Zr/c1-30(2,24-11-7-5-8-12-24)26-17-15-22-19-23-16-18-27(21-29(23)28(22)20-26)31(3,4)25-13-9-6-10-14-25;1-2-4-5-3-1;1-2-4-3-1;;;/h5-15,17-18,20-21H,19H2,1-4H3;1-3H,4H2;1-3H2;2*1H;/q2*-1;;;;+2/p-2. The molecule has 0 aliphatic heterocycles. The molecule has 4 aromatic rings. The summed E-state index contributed by atoms with van der Waals surface area (Å²) in [6, 6.07) is 36.9. The van der Waals surface area contributed by atoms with Crippen LogP contribution in [0.4, 0.5) is 0 Å². The molecule has 43 heavy (non-hydrogen) atoms. The van der Waals surface area contributed by atoms with E-state index in [9.17, 15) is 0 Å². The molecular weight excluding hydrogens is 643 g/mol. The molecule has 0 nitrogen and oxygen atoms in total. The third-order valence-electron chi connectivity index (χ3n) is 8.77. The zero-order valence-electron chi connectivity index (χ0n) is 25.7. The Labute approximate surface area is 286 Å². The van der Waals surface area contributed by atoms with Crippen LogP contribution in [-0.2, 0) is 41.5 Å². The van der Waals surface area contributed by atoms with Crippen LogP contribution in [-0.4, -0.2) is 3.21 Å². The van der Waals surface area contributed by atoms with Crippen molar-refractivity contribution >= 4 is 3.21 Å². The van der Waals surface area contributed by atoms with Crippen LogP contribution in [0.25, 0.3) is 11.1 Å². The molecule has 0 unspecified atom stereocenters. The van der Waals surface area contributed by atoms with Gasteiger partial charge in [-0.15, -0.1) is 17.5 Å². The summed E-state index contributed by atoms with van der Waals surface area (Å²) in [7, 11) is 0. The van der Waals surface area contributed by atoms with Crippen molar-refractivity contribution in [2.24, 2.45) is 0 Å². The molecule has 3 heteroatoms. The van der Waals surface area contributed by atoms with Gasteiger partial charge < -0.3 is 24.8 Å². The van der Waals surface area contributed by atoms with E-state index in [1.165, 1.54) is 63.8 Å². The predicted octanol–water partition coefficient (Wildman–Crippen LogP) is 3.91. The van der Waals surface area contributed by atoms with Gasteiger partial charge in [0.05, 0.1) is 0 Å². The quantitative estimate of drug-likeness (QED) is 0.253. The normalized spacial score (nSPS) is 14.0. The van der Waals surface area contributed by atoms with Crippen LogP contribution >= 0.6 is 0 Å². The Kier molecular flexibility index (Phi) is 12.8. The van der Waals surface area contributed by atoms with Crippen LogP contribution in [0.3, 0.4) is 0 Å². The summed E-state index contributed by atoms with van der Waals surface area (Å²) in [4.78, 5) is 0. The Morgan fingerprint density at radius 2 is 1.23 bits per heavy atom. The molecule has 0 spiro atoms. The van der Waals surface area contributed by atoms with Gasteiger partial charge in [-0.2, -0.15) is 29.8 Å². The second-order valence-corrected chi connectivity index (χ2v) is 14.0. The average molecular weight is 683 g/mol. The number of benzene rings is 4. The van der Waals surface area contributed by atoms with Crippen molar-refractivity contribution in [2.75, 3.05) is 0 Å². The van der Waals surface area contributed by atoms with E-state index in [0.29, 0.717) is 0 Å². The number of hydrogen-bond donors (Lipinski definition) is 0. The fourth-order valence-corrected chi connectivity index (χ4v) is 6.44. The van der Waals surface area contributed by atoms with Gasteiger partial charge in [0.25, 0.3) is 0 Å². The molecule has 0 bridgehead atoms. The summed E-state index contributed by atoms with van der Waals surface area (Å²) in [5, 5.41) is 0. The molecule has 3 aliphatic rings. The first-order valence-corrected chi connectivity index (χ1v) is 16.1. The number of fused-ring (bicyclic) bond motifs is 3. The second-order valence-electron chi connectivity index (χ2n) is 12.3. The topological polar surface area (TPSA) is 0 Å². The van der Waals surface area contributed by atoms with E-state index in [4.69, 9.17) is 0 Å². The van der Waals surface area contributed by atoms with Crippen molar-refractivity contribution in [3.05, 3.63) is 155 Å². The first-order chi connectivity index (χ1) is 19.8. The first-order valence-electron chi connectivity index (χ1n) is 14.8. The second kappa shape index (κ2) is 15.6. The number of allylic oxidation sites excluding steroid dienone is 4. The molecule has 0 heterocycles.